The molecule has 0 aliphatic carbocycles. The first-order valence-electron chi connectivity index (χ1n) is 7.26. The minimum Gasteiger partial charge on any atom is -0.506 e. The molecule has 0 radical (unpaired) electrons. The van der Waals surface area contributed by atoms with Crippen LogP contribution in [-0.4, -0.2) is 16.0 Å². The third-order valence-electron chi connectivity index (χ3n) is 3.58. The number of carbonyl (C=O) groups is 1. The van der Waals surface area contributed by atoms with Crippen LogP contribution in [0, 0.1) is 6.92 Å². The Morgan fingerprint density at radius 1 is 1.22 bits per heavy atom. The second-order valence-electron chi connectivity index (χ2n) is 5.47. The lowest BCUT2D eigenvalue weighted by Gasteiger charge is -2.09. The Hall–Kier alpha value is -3.08. The fraction of sp³-hybridized carbons (Fsp3) is 0.111. The maximum absolute atomic E-state index is 12.2. The number of aromatic nitrogens is 1. The van der Waals surface area contributed by atoms with E-state index in [1.165, 1.54) is 0 Å². The molecule has 1 amide bonds. The topological polar surface area (TPSA) is 88.2 Å². The van der Waals surface area contributed by atoms with E-state index in [-0.39, 0.29) is 18.1 Å². The molecule has 116 valence electrons. The molecule has 0 aliphatic rings. The van der Waals surface area contributed by atoms with Gasteiger partial charge in [0.1, 0.15) is 5.75 Å². The number of aryl methyl sites for hydroxylation is 1. The molecular formula is C18H17N3O2. The Labute approximate surface area is 133 Å². The lowest BCUT2D eigenvalue weighted by Crippen LogP contribution is -2.15. The number of aromatic hydroxyl groups is 1. The van der Waals surface area contributed by atoms with Crippen molar-refractivity contribution in [2.24, 2.45) is 0 Å². The fourth-order valence-corrected chi connectivity index (χ4v) is 2.42. The second kappa shape index (κ2) is 5.96. The number of nitrogens with one attached hydrogen (secondary N) is 1. The SMILES string of the molecule is Cc1ccc(O)c(NC(=O)Cc2ccc3cccc(N)c3n2)c1. The van der Waals surface area contributed by atoms with E-state index < -0.39 is 0 Å². The molecule has 1 aromatic heterocycles. The number of hydrogen-bond donors (Lipinski definition) is 3. The first kappa shape index (κ1) is 14.8. The van der Waals surface area contributed by atoms with Gasteiger partial charge in [0.2, 0.25) is 5.91 Å². The van der Waals surface area contributed by atoms with Crippen molar-refractivity contribution in [3.8, 4) is 5.75 Å². The number of rotatable bonds is 3. The highest BCUT2D eigenvalue weighted by atomic mass is 16.3. The normalized spacial score (nSPS) is 10.7. The number of anilines is 2. The van der Waals surface area contributed by atoms with Crippen LogP contribution in [0.4, 0.5) is 11.4 Å². The van der Waals surface area contributed by atoms with Gasteiger partial charge in [0, 0.05) is 5.39 Å². The van der Waals surface area contributed by atoms with Gasteiger partial charge in [0.25, 0.3) is 0 Å². The van der Waals surface area contributed by atoms with Crippen LogP contribution >= 0.6 is 0 Å². The number of hydrogen-bond acceptors (Lipinski definition) is 4. The molecule has 3 aromatic rings. The maximum Gasteiger partial charge on any atom is 0.230 e. The van der Waals surface area contributed by atoms with Crippen LogP contribution in [-0.2, 0) is 11.2 Å². The number of benzene rings is 2. The highest BCUT2D eigenvalue weighted by Crippen LogP contribution is 2.24. The van der Waals surface area contributed by atoms with Crippen molar-refractivity contribution in [1.29, 1.82) is 0 Å². The summed E-state index contributed by atoms with van der Waals surface area (Å²) in [7, 11) is 0. The van der Waals surface area contributed by atoms with Crippen molar-refractivity contribution >= 4 is 28.2 Å². The lowest BCUT2D eigenvalue weighted by molar-refractivity contribution is -0.115. The number of nitrogens with two attached hydrogens (primary N) is 1. The van der Waals surface area contributed by atoms with Gasteiger partial charge in [-0.1, -0.05) is 24.3 Å². The summed E-state index contributed by atoms with van der Waals surface area (Å²) in [5, 5.41) is 13.4. The van der Waals surface area contributed by atoms with Crippen molar-refractivity contribution in [1.82, 2.24) is 4.98 Å². The summed E-state index contributed by atoms with van der Waals surface area (Å²) in [4.78, 5) is 16.6. The Morgan fingerprint density at radius 2 is 2.04 bits per heavy atom. The molecule has 0 aliphatic heterocycles. The summed E-state index contributed by atoms with van der Waals surface area (Å²) >= 11 is 0. The lowest BCUT2D eigenvalue weighted by atomic mass is 10.1. The fourth-order valence-electron chi connectivity index (χ4n) is 2.42. The molecule has 0 saturated heterocycles. The number of carbonyl (C=O) groups excluding carboxylic acids is 1. The van der Waals surface area contributed by atoms with Crippen LogP contribution in [0.25, 0.3) is 10.9 Å². The third kappa shape index (κ3) is 3.23. The Bertz CT molecular complexity index is 891. The van der Waals surface area contributed by atoms with E-state index in [0.29, 0.717) is 22.6 Å². The molecule has 5 heteroatoms. The predicted octanol–water partition coefficient (Wildman–Crippen LogP) is 3.01. The Balaban J connectivity index is 1.80. The number of nitrogens with zero attached hydrogens (tertiary/aromatic N) is 1. The summed E-state index contributed by atoms with van der Waals surface area (Å²) in [6, 6.07) is 14.3. The molecule has 1 heterocycles. The highest BCUT2D eigenvalue weighted by molar-refractivity contribution is 5.94. The smallest absolute Gasteiger partial charge is 0.230 e. The predicted molar refractivity (Wildman–Crippen MR) is 91.3 cm³/mol. The van der Waals surface area contributed by atoms with E-state index in [1.807, 2.05) is 25.1 Å². The van der Waals surface area contributed by atoms with Gasteiger partial charge in [-0.3, -0.25) is 9.78 Å². The number of fused-ring (bicyclic) bond motifs is 1. The first-order valence-corrected chi connectivity index (χ1v) is 7.26. The average Bonchev–Trinajstić information content (AvgIpc) is 2.52. The minimum atomic E-state index is -0.243. The molecule has 0 atom stereocenters. The zero-order chi connectivity index (χ0) is 16.4. The summed E-state index contributed by atoms with van der Waals surface area (Å²) in [5.41, 5.74) is 9.17. The molecule has 5 nitrogen and oxygen atoms in total. The van der Waals surface area contributed by atoms with Gasteiger partial charge >= 0.3 is 0 Å². The van der Waals surface area contributed by atoms with Crippen LogP contribution in [0.2, 0.25) is 0 Å². The van der Waals surface area contributed by atoms with Gasteiger partial charge in [0.05, 0.1) is 29.0 Å². The van der Waals surface area contributed by atoms with E-state index in [4.69, 9.17) is 5.73 Å². The van der Waals surface area contributed by atoms with E-state index in [1.54, 1.807) is 30.3 Å². The Morgan fingerprint density at radius 3 is 2.87 bits per heavy atom. The van der Waals surface area contributed by atoms with Crippen molar-refractivity contribution in [2.45, 2.75) is 13.3 Å². The van der Waals surface area contributed by atoms with Gasteiger partial charge in [0.15, 0.2) is 0 Å². The molecule has 0 saturated carbocycles. The molecule has 0 spiro atoms. The van der Waals surface area contributed by atoms with Crippen LogP contribution in [0.1, 0.15) is 11.3 Å². The van der Waals surface area contributed by atoms with Crippen molar-refractivity contribution in [3.63, 3.8) is 0 Å². The van der Waals surface area contributed by atoms with Gasteiger partial charge in [-0.25, -0.2) is 0 Å². The zero-order valence-electron chi connectivity index (χ0n) is 12.7. The molecule has 4 N–H and O–H groups in total. The molecule has 0 bridgehead atoms. The maximum atomic E-state index is 12.2. The summed E-state index contributed by atoms with van der Waals surface area (Å²) in [6.07, 6.45) is 0.109. The van der Waals surface area contributed by atoms with Crippen LogP contribution in [0.3, 0.4) is 0 Å². The molecule has 0 fully saturated rings. The van der Waals surface area contributed by atoms with E-state index in [0.717, 1.165) is 10.9 Å². The number of phenolic OH excluding ortho intramolecular Hbond substituents is 1. The van der Waals surface area contributed by atoms with Gasteiger partial charge in [-0.15, -0.1) is 0 Å². The van der Waals surface area contributed by atoms with Crippen molar-refractivity contribution in [3.05, 3.63) is 59.8 Å². The van der Waals surface area contributed by atoms with Gasteiger partial charge in [-0.2, -0.15) is 0 Å². The van der Waals surface area contributed by atoms with Crippen molar-refractivity contribution < 1.29 is 9.90 Å². The number of pyridine rings is 1. The van der Waals surface area contributed by atoms with E-state index in [9.17, 15) is 9.90 Å². The molecule has 0 unspecified atom stereocenters. The second-order valence-corrected chi connectivity index (χ2v) is 5.47. The number of phenols is 1. The molecule has 2 aromatic carbocycles. The van der Waals surface area contributed by atoms with Crippen LogP contribution in [0.15, 0.2) is 48.5 Å². The average molecular weight is 307 g/mol. The monoisotopic (exact) mass is 307 g/mol. The largest absolute Gasteiger partial charge is 0.506 e. The highest BCUT2D eigenvalue weighted by Gasteiger charge is 2.09. The van der Waals surface area contributed by atoms with Crippen LogP contribution in [0.5, 0.6) is 5.75 Å². The van der Waals surface area contributed by atoms with Crippen LogP contribution < -0.4 is 11.1 Å². The minimum absolute atomic E-state index is 0.0414. The zero-order valence-corrected chi connectivity index (χ0v) is 12.7. The first-order chi connectivity index (χ1) is 11.0. The third-order valence-corrected chi connectivity index (χ3v) is 3.58. The number of nitrogen functional groups attached to an aromatic ring is 1. The van der Waals surface area contributed by atoms with E-state index >= 15 is 0 Å². The molecule has 3 rings (SSSR count). The van der Waals surface area contributed by atoms with Gasteiger partial charge < -0.3 is 16.2 Å². The van der Waals surface area contributed by atoms with Crippen molar-refractivity contribution in [2.75, 3.05) is 11.1 Å². The summed E-state index contributed by atoms with van der Waals surface area (Å²) < 4.78 is 0. The molecule has 23 heavy (non-hydrogen) atoms. The standard InChI is InChI=1S/C18H17N3O2/c1-11-5-8-16(22)15(9-11)21-17(23)10-13-7-6-12-3-2-4-14(19)18(12)20-13/h2-9,22H,10,19H2,1H3,(H,21,23). The summed E-state index contributed by atoms with van der Waals surface area (Å²) in [6.45, 7) is 1.89. The number of para-hydroxylation sites is 1. The number of amides is 1. The Kier molecular flexibility index (Phi) is 3.85. The molecular weight excluding hydrogens is 290 g/mol. The van der Waals surface area contributed by atoms with E-state index in [2.05, 4.69) is 10.3 Å². The summed E-state index contributed by atoms with van der Waals surface area (Å²) in [5.74, 6) is -0.202. The quantitative estimate of drug-likeness (QED) is 0.512. The van der Waals surface area contributed by atoms with Gasteiger partial charge in [-0.05, 0) is 36.8 Å².